The van der Waals surface area contributed by atoms with Gasteiger partial charge in [-0.25, -0.2) is 26.4 Å². The van der Waals surface area contributed by atoms with Crippen LogP contribution in [0.25, 0.3) is 11.8 Å². The van der Waals surface area contributed by atoms with E-state index in [4.69, 9.17) is 0 Å². The van der Waals surface area contributed by atoms with Crippen LogP contribution >= 0.6 is 0 Å². The standard InChI is InChI=1S/C23H16N4O12S2.2K/c28-20-16(18(22(30)31)24-26(20)12-4-8-14(9-5-12)40(34,35)36)2-1-3-17-19(23(32)33)25-27(21(17)29)13-6-10-15(11-7-13)41(37,38)39;;/h1-11,28H,(H,30,31)(H,32,33)(H,34,35,36)(H,37,38,39);;/q;2*+1/p-2/b2-1+,17-3+;;. The fourth-order valence-corrected chi connectivity index (χ4v) is 4.50. The van der Waals surface area contributed by atoms with Crippen molar-refractivity contribution in [3.8, 4) is 11.6 Å². The maximum atomic E-state index is 12.9. The van der Waals surface area contributed by atoms with Crippen LogP contribution in [0.15, 0.2) is 81.1 Å². The molecule has 4 rings (SSSR count). The van der Waals surface area contributed by atoms with Gasteiger partial charge in [0.15, 0.2) is 11.4 Å². The Hall–Kier alpha value is -1.90. The van der Waals surface area contributed by atoms with Gasteiger partial charge in [0, 0.05) is 0 Å². The zero-order valence-corrected chi connectivity index (χ0v) is 29.9. The molecule has 3 aromatic rings. The Morgan fingerprint density at radius 1 is 0.814 bits per heavy atom. The van der Waals surface area contributed by atoms with E-state index in [-0.39, 0.29) is 120 Å². The number of aliphatic carboxylic acids is 1. The van der Waals surface area contributed by atoms with Crippen LogP contribution in [0.2, 0.25) is 0 Å². The first-order valence-electron chi connectivity index (χ1n) is 10.8. The third-order valence-corrected chi connectivity index (χ3v) is 7.14. The van der Waals surface area contributed by atoms with Gasteiger partial charge in [-0.1, -0.05) is 6.08 Å². The second-order valence-corrected chi connectivity index (χ2v) is 10.8. The molecule has 0 radical (unpaired) electrons. The molecule has 0 saturated carbocycles. The van der Waals surface area contributed by atoms with E-state index in [1.54, 1.807) is 0 Å². The van der Waals surface area contributed by atoms with Crippen molar-refractivity contribution in [2.45, 2.75) is 9.79 Å². The molecule has 1 aliphatic heterocycles. The number of carboxylic acid groups (broad SMARTS) is 2. The molecule has 3 N–H and O–H groups in total. The number of anilines is 1. The Labute approximate surface area is 327 Å². The molecule has 0 fully saturated rings. The molecule has 2 aromatic carbocycles. The summed E-state index contributed by atoms with van der Waals surface area (Å²) in [5, 5.41) is 37.8. The Bertz CT molecular complexity index is 1920. The van der Waals surface area contributed by atoms with Crippen molar-refractivity contribution < 1.29 is 158 Å². The van der Waals surface area contributed by atoms with E-state index in [9.17, 15) is 55.6 Å². The average Bonchev–Trinajstić information content (AvgIpc) is 3.40. The van der Waals surface area contributed by atoms with Gasteiger partial charge in [-0.05, 0) is 60.7 Å². The summed E-state index contributed by atoms with van der Waals surface area (Å²) in [6.07, 6.45) is 3.03. The zero-order valence-electron chi connectivity index (χ0n) is 22.0. The number of hydrazone groups is 1. The van der Waals surface area contributed by atoms with Crippen molar-refractivity contribution in [3.63, 3.8) is 0 Å². The number of carboxylic acids is 2. The van der Waals surface area contributed by atoms with Crippen molar-refractivity contribution in [2.24, 2.45) is 5.10 Å². The number of benzene rings is 2. The number of carbonyl (C=O) groups is 3. The van der Waals surface area contributed by atoms with Crippen LogP contribution in [0.1, 0.15) is 16.1 Å². The minimum Gasteiger partial charge on any atom is -0.744 e. The smallest absolute Gasteiger partial charge is 0.744 e. The summed E-state index contributed by atoms with van der Waals surface area (Å²) in [4.78, 5) is 35.2. The number of rotatable bonds is 8. The van der Waals surface area contributed by atoms with Gasteiger partial charge < -0.3 is 24.4 Å². The maximum absolute atomic E-state index is 12.9. The van der Waals surface area contributed by atoms with E-state index in [1.807, 2.05) is 0 Å². The summed E-state index contributed by atoms with van der Waals surface area (Å²) in [5.41, 5.74) is -2.29. The Morgan fingerprint density at radius 2 is 1.30 bits per heavy atom. The van der Waals surface area contributed by atoms with Gasteiger partial charge in [-0.15, -0.1) is 0 Å². The van der Waals surface area contributed by atoms with Crippen molar-refractivity contribution in [1.29, 1.82) is 0 Å². The summed E-state index contributed by atoms with van der Waals surface area (Å²) < 4.78 is 67.5. The summed E-state index contributed by atoms with van der Waals surface area (Å²) in [5.74, 6) is -4.87. The van der Waals surface area contributed by atoms with Gasteiger partial charge >= 0.3 is 115 Å². The van der Waals surface area contributed by atoms with Crippen molar-refractivity contribution in [1.82, 2.24) is 9.78 Å². The average molecular weight is 681 g/mol. The molecular formula is C23H14K2N4O12S2. The molecule has 16 nitrogen and oxygen atoms in total. The fourth-order valence-electron chi connectivity index (χ4n) is 3.56. The Morgan fingerprint density at radius 3 is 1.74 bits per heavy atom. The molecule has 0 saturated heterocycles. The fraction of sp³-hybridized carbons (Fsp3) is 0. The predicted octanol–water partition coefficient (Wildman–Crippen LogP) is -5.48. The van der Waals surface area contributed by atoms with Crippen molar-refractivity contribution >= 4 is 55.6 Å². The molecule has 0 aliphatic carbocycles. The van der Waals surface area contributed by atoms with Crippen LogP contribution in [-0.4, -0.2) is 74.6 Å². The minimum atomic E-state index is -4.78. The number of aromatic hydroxyl groups is 1. The minimum absolute atomic E-state index is 0. The van der Waals surface area contributed by atoms with Gasteiger partial charge in [-0.2, -0.15) is 19.9 Å². The van der Waals surface area contributed by atoms with E-state index in [0.717, 1.165) is 71.4 Å². The van der Waals surface area contributed by atoms with E-state index in [0.29, 0.717) is 5.01 Å². The third-order valence-electron chi connectivity index (χ3n) is 5.45. The third kappa shape index (κ3) is 8.23. The largest absolute Gasteiger partial charge is 1.00 e. The van der Waals surface area contributed by atoms with Crippen molar-refractivity contribution in [2.75, 3.05) is 5.01 Å². The number of carbonyl (C=O) groups excluding carboxylic acids is 1. The van der Waals surface area contributed by atoms with Gasteiger partial charge in [0.05, 0.1) is 32.3 Å². The van der Waals surface area contributed by atoms with Crippen LogP contribution in [0.4, 0.5) is 5.69 Å². The van der Waals surface area contributed by atoms with Gasteiger partial charge in [0.25, 0.3) is 5.91 Å². The number of amides is 1. The Balaban J connectivity index is 0.00000323. The van der Waals surface area contributed by atoms with E-state index in [1.165, 1.54) is 0 Å². The summed E-state index contributed by atoms with van der Waals surface area (Å²) in [6.45, 7) is 0. The molecule has 20 heteroatoms. The molecule has 2 heterocycles. The summed E-state index contributed by atoms with van der Waals surface area (Å²) in [7, 11) is -9.54. The summed E-state index contributed by atoms with van der Waals surface area (Å²) >= 11 is 0. The van der Waals surface area contributed by atoms with Crippen LogP contribution in [0.5, 0.6) is 5.88 Å². The van der Waals surface area contributed by atoms with Crippen LogP contribution < -0.4 is 108 Å². The molecule has 0 unspecified atom stereocenters. The molecule has 1 aromatic heterocycles. The Kier molecular flexibility index (Phi) is 12.5. The van der Waals surface area contributed by atoms with E-state index < -0.39 is 70.7 Å². The van der Waals surface area contributed by atoms with Crippen LogP contribution in [-0.2, 0) is 29.8 Å². The molecule has 212 valence electrons. The van der Waals surface area contributed by atoms with E-state index in [2.05, 4.69) is 10.2 Å². The molecule has 1 amide bonds. The molecule has 1 aliphatic rings. The molecular weight excluding hydrogens is 667 g/mol. The van der Waals surface area contributed by atoms with E-state index >= 15 is 0 Å². The summed E-state index contributed by atoms with van der Waals surface area (Å²) in [6, 6.07) is 7.99. The number of aromatic carboxylic acids is 1. The van der Waals surface area contributed by atoms with Gasteiger partial charge in [-0.3, -0.25) is 4.79 Å². The molecule has 0 atom stereocenters. The SMILES string of the molecule is O=C(O)C1=NN(c2ccc(S(=O)(=O)[O-])cc2)C(=O)/C1=C/C=C/c1c(C(=O)O)nn(-c2ccc(S(=O)(=O)[O-])cc2)c1O.[K+].[K+]. The molecule has 43 heavy (non-hydrogen) atoms. The molecule has 0 spiro atoms. The van der Waals surface area contributed by atoms with Crippen LogP contribution in [0.3, 0.4) is 0 Å². The number of allylic oxidation sites excluding steroid dienone is 2. The monoisotopic (exact) mass is 680 g/mol. The first kappa shape index (κ1) is 37.3. The van der Waals surface area contributed by atoms with Crippen LogP contribution in [0, 0.1) is 0 Å². The topological polar surface area (TPSA) is 260 Å². The maximum Gasteiger partial charge on any atom is 1.00 e. The van der Waals surface area contributed by atoms with Gasteiger partial charge in [0.2, 0.25) is 5.88 Å². The number of aromatic nitrogens is 2. The number of nitrogens with zero attached hydrogens (tertiary/aromatic N) is 4. The van der Waals surface area contributed by atoms with Gasteiger partial charge in [0.1, 0.15) is 20.2 Å². The first-order valence-corrected chi connectivity index (χ1v) is 13.6. The normalized spacial score (nSPS) is 14.4. The zero-order chi connectivity index (χ0) is 30.3. The quantitative estimate of drug-likeness (QED) is 0.114. The number of hydrogen-bond donors (Lipinski definition) is 3. The first-order chi connectivity index (χ1) is 19.1. The predicted molar refractivity (Wildman–Crippen MR) is 134 cm³/mol. The second kappa shape index (κ2) is 14.5. The second-order valence-electron chi connectivity index (χ2n) is 8.01. The number of hydrogen-bond acceptors (Lipinski definition) is 12. The van der Waals surface area contributed by atoms with Crippen molar-refractivity contribution in [3.05, 3.63) is 77.5 Å². The molecule has 0 bridgehead atoms.